The number of aliphatic hydroxyl groups excluding tert-OH is 1. The number of benzene rings is 1. The average Bonchev–Trinajstić information content (AvgIpc) is 3.03. The van der Waals surface area contributed by atoms with E-state index in [1.807, 2.05) is 10.6 Å². The summed E-state index contributed by atoms with van der Waals surface area (Å²) in [5.41, 5.74) is 1.60. The van der Waals surface area contributed by atoms with Crippen molar-refractivity contribution in [1.29, 1.82) is 0 Å². The molecule has 0 saturated heterocycles. The van der Waals surface area contributed by atoms with Gasteiger partial charge in [-0.2, -0.15) is 0 Å². The van der Waals surface area contributed by atoms with Crippen LogP contribution in [0.2, 0.25) is 0 Å². The third-order valence-electron chi connectivity index (χ3n) is 4.05. The van der Waals surface area contributed by atoms with Gasteiger partial charge in [0.1, 0.15) is 5.52 Å². The zero-order chi connectivity index (χ0) is 13.4. The summed E-state index contributed by atoms with van der Waals surface area (Å²) in [7, 11) is 0. The maximum absolute atomic E-state index is 11.2. The van der Waals surface area contributed by atoms with Crippen LogP contribution in [0.1, 0.15) is 35.7 Å². The van der Waals surface area contributed by atoms with Crippen LogP contribution < -0.4 is 0 Å². The van der Waals surface area contributed by atoms with Gasteiger partial charge in [-0.15, -0.1) is 0 Å². The van der Waals surface area contributed by atoms with Crippen molar-refractivity contribution in [3.63, 3.8) is 0 Å². The van der Waals surface area contributed by atoms with Gasteiger partial charge in [-0.1, -0.05) is 12.5 Å². The molecule has 2 atom stereocenters. The highest BCUT2D eigenvalue weighted by atomic mass is 16.4. The third-order valence-corrected chi connectivity index (χ3v) is 4.05. The highest BCUT2D eigenvalue weighted by Gasteiger charge is 2.29. The van der Waals surface area contributed by atoms with Crippen LogP contribution in [0.15, 0.2) is 24.5 Å². The molecule has 2 unspecified atom stereocenters. The van der Waals surface area contributed by atoms with Crippen LogP contribution >= 0.6 is 0 Å². The summed E-state index contributed by atoms with van der Waals surface area (Å²) < 4.78 is 2.02. The van der Waals surface area contributed by atoms with Gasteiger partial charge in [0.15, 0.2) is 0 Å². The summed E-state index contributed by atoms with van der Waals surface area (Å²) in [6.07, 6.45) is 4.82. The highest BCUT2D eigenvalue weighted by Crippen LogP contribution is 2.37. The van der Waals surface area contributed by atoms with E-state index in [-0.39, 0.29) is 24.1 Å². The largest absolute Gasteiger partial charge is 0.478 e. The van der Waals surface area contributed by atoms with E-state index < -0.39 is 5.97 Å². The van der Waals surface area contributed by atoms with Crippen LogP contribution in [0.25, 0.3) is 11.0 Å². The number of carboxylic acid groups (broad SMARTS) is 1. The molecule has 0 bridgehead atoms. The molecule has 5 nitrogen and oxygen atoms in total. The molecule has 1 saturated carbocycles. The minimum atomic E-state index is -0.957. The minimum absolute atomic E-state index is 0.170. The van der Waals surface area contributed by atoms with Crippen molar-refractivity contribution in [3.05, 3.63) is 30.1 Å². The Hall–Kier alpha value is -1.88. The van der Waals surface area contributed by atoms with Gasteiger partial charge in [-0.05, 0) is 25.0 Å². The first-order valence-electron chi connectivity index (χ1n) is 6.52. The Balaban J connectivity index is 2.11. The first-order valence-corrected chi connectivity index (χ1v) is 6.52. The summed E-state index contributed by atoms with van der Waals surface area (Å²) >= 11 is 0. The third kappa shape index (κ3) is 1.90. The van der Waals surface area contributed by atoms with Gasteiger partial charge in [-0.25, -0.2) is 9.78 Å². The number of imidazole rings is 1. The Morgan fingerprint density at radius 1 is 1.42 bits per heavy atom. The lowest BCUT2D eigenvalue weighted by Gasteiger charge is -2.19. The van der Waals surface area contributed by atoms with Crippen molar-refractivity contribution in [2.75, 3.05) is 6.61 Å². The molecule has 2 N–H and O–H groups in total. The molecule has 5 heteroatoms. The minimum Gasteiger partial charge on any atom is -0.478 e. The zero-order valence-electron chi connectivity index (χ0n) is 10.5. The first kappa shape index (κ1) is 12.2. The molecule has 3 rings (SSSR count). The van der Waals surface area contributed by atoms with E-state index in [1.165, 1.54) is 0 Å². The van der Waals surface area contributed by atoms with Crippen LogP contribution in [0.5, 0.6) is 0 Å². The number of aliphatic hydroxyl groups is 1. The molecule has 0 radical (unpaired) electrons. The predicted molar refractivity (Wildman–Crippen MR) is 70.2 cm³/mol. The Morgan fingerprint density at radius 3 is 3.00 bits per heavy atom. The SMILES string of the molecule is O=C(O)c1cccc2c1ncn2C1CCCC1CO. The summed E-state index contributed by atoms with van der Waals surface area (Å²) in [5.74, 6) is -0.716. The van der Waals surface area contributed by atoms with Gasteiger partial charge < -0.3 is 14.8 Å². The fourth-order valence-corrected chi connectivity index (χ4v) is 3.09. The zero-order valence-corrected chi connectivity index (χ0v) is 10.5. The lowest BCUT2D eigenvalue weighted by molar-refractivity contribution is 0.0699. The second-order valence-corrected chi connectivity index (χ2v) is 5.07. The molecular weight excluding hydrogens is 244 g/mol. The topological polar surface area (TPSA) is 75.3 Å². The van der Waals surface area contributed by atoms with Gasteiger partial charge >= 0.3 is 5.97 Å². The van der Waals surface area contributed by atoms with Crippen LogP contribution in [-0.2, 0) is 0 Å². The lowest BCUT2D eigenvalue weighted by atomic mass is 10.0. The normalized spacial score (nSPS) is 23.0. The predicted octanol–water partition coefficient (Wildman–Crippen LogP) is 2.07. The van der Waals surface area contributed by atoms with Gasteiger partial charge in [0.25, 0.3) is 0 Å². The van der Waals surface area contributed by atoms with Crippen molar-refractivity contribution in [3.8, 4) is 0 Å². The Morgan fingerprint density at radius 2 is 2.26 bits per heavy atom. The average molecular weight is 260 g/mol. The Bertz CT molecular complexity index is 620. The second-order valence-electron chi connectivity index (χ2n) is 5.07. The second kappa shape index (κ2) is 4.66. The quantitative estimate of drug-likeness (QED) is 0.885. The van der Waals surface area contributed by atoms with E-state index in [0.717, 1.165) is 24.8 Å². The van der Waals surface area contributed by atoms with Crippen molar-refractivity contribution in [1.82, 2.24) is 9.55 Å². The standard InChI is InChI=1S/C14H16N2O3/c17-7-9-3-1-5-11(9)16-8-15-13-10(14(18)19)4-2-6-12(13)16/h2,4,6,8-9,11,17H,1,3,5,7H2,(H,18,19). The van der Waals surface area contributed by atoms with Crippen LogP contribution in [0.3, 0.4) is 0 Å². The van der Waals surface area contributed by atoms with Crippen LogP contribution in [0.4, 0.5) is 0 Å². The molecule has 1 heterocycles. The van der Waals surface area contributed by atoms with Crippen LogP contribution in [0, 0.1) is 5.92 Å². The van der Waals surface area contributed by atoms with Crippen molar-refractivity contribution in [2.45, 2.75) is 25.3 Å². The number of carboxylic acids is 1. The fraction of sp³-hybridized carbons (Fsp3) is 0.429. The number of carbonyl (C=O) groups is 1. The van der Waals surface area contributed by atoms with Crippen molar-refractivity contribution in [2.24, 2.45) is 5.92 Å². The molecule has 1 aromatic heterocycles. The number of fused-ring (bicyclic) bond motifs is 1. The molecule has 1 aliphatic carbocycles. The molecule has 1 fully saturated rings. The van der Waals surface area contributed by atoms with E-state index in [4.69, 9.17) is 5.11 Å². The fourth-order valence-electron chi connectivity index (χ4n) is 3.09. The Kier molecular flexibility index (Phi) is 2.98. The molecular formula is C14H16N2O3. The molecule has 0 aliphatic heterocycles. The number of rotatable bonds is 3. The number of aromatic nitrogens is 2. The number of hydrogen-bond donors (Lipinski definition) is 2. The van der Waals surface area contributed by atoms with Gasteiger partial charge in [0.05, 0.1) is 17.4 Å². The summed E-state index contributed by atoms with van der Waals surface area (Å²) in [5, 5.41) is 18.6. The molecule has 2 aromatic rings. The molecule has 0 amide bonds. The number of para-hydroxylation sites is 1. The molecule has 0 spiro atoms. The van der Waals surface area contributed by atoms with Crippen molar-refractivity contribution < 1.29 is 15.0 Å². The summed E-state index contributed by atoms with van der Waals surface area (Å²) in [6.45, 7) is 0.170. The monoisotopic (exact) mass is 260 g/mol. The molecule has 1 aliphatic rings. The smallest absolute Gasteiger partial charge is 0.337 e. The highest BCUT2D eigenvalue weighted by molar-refractivity contribution is 6.00. The molecule has 19 heavy (non-hydrogen) atoms. The summed E-state index contributed by atoms with van der Waals surface area (Å²) in [4.78, 5) is 15.4. The number of hydrogen-bond acceptors (Lipinski definition) is 3. The number of nitrogens with zero attached hydrogens (tertiary/aromatic N) is 2. The lowest BCUT2D eigenvalue weighted by Crippen LogP contribution is -2.16. The van der Waals surface area contributed by atoms with E-state index in [0.29, 0.717) is 5.52 Å². The van der Waals surface area contributed by atoms with Gasteiger partial charge in [-0.3, -0.25) is 0 Å². The summed E-state index contributed by atoms with van der Waals surface area (Å²) in [6, 6.07) is 5.42. The number of aromatic carboxylic acids is 1. The molecule has 1 aromatic carbocycles. The Labute approximate surface area is 110 Å². The van der Waals surface area contributed by atoms with E-state index in [9.17, 15) is 9.90 Å². The van der Waals surface area contributed by atoms with Gasteiger partial charge in [0.2, 0.25) is 0 Å². The van der Waals surface area contributed by atoms with Crippen molar-refractivity contribution >= 4 is 17.0 Å². The first-order chi connectivity index (χ1) is 9.22. The maximum atomic E-state index is 11.2. The van der Waals surface area contributed by atoms with Crippen LogP contribution in [-0.4, -0.2) is 32.3 Å². The van der Waals surface area contributed by atoms with E-state index in [2.05, 4.69) is 4.98 Å². The van der Waals surface area contributed by atoms with E-state index >= 15 is 0 Å². The maximum Gasteiger partial charge on any atom is 0.337 e. The molecule has 100 valence electrons. The van der Waals surface area contributed by atoms with E-state index in [1.54, 1.807) is 18.5 Å². The van der Waals surface area contributed by atoms with Gasteiger partial charge in [0, 0.05) is 18.6 Å².